The Morgan fingerprint density at radius 3 is 2.77 bits per heavy atom. The molecule has 1 saturated heterocycles. The van der Waals surface area contributed by atoms with Gasteiger partial charge in [0.15, 0.2) is 0 Å². The van der Waals surface area contributed by atoms with Crippen molar-refractivity contribution in [2.24, 2.45) is 0 Å². The molecule has 1 aromatic rings. The maximum absolute atomic E-state index is 12.2. The average Bonchev–Trinajstić information content (AvgIpc) is 2.52. The molecule has 1 heterocycles. The van der Waals surface area contributed by atoms with Crippen molar-refractivity contribution in [2.45, 2.75) is 26.2 Å². The van der Waals surface area contributed by atoms with Crippen LogP contribution in [-0.4, -0.2) is 50.2 Å². The first kappa shape index (κ1) is 17.3. The van der Waals surface area contributed by atoms with E-state index in [-0.39, 0.29) is 5.91 Å². The van der Waals surface area contributed by atoms with Gasteiger partial charge in [0.25, 0.3) is 5.91 Å². The summed E-state index contributed by atoms with van der Waals surface area (Å²) in [7, 11) is 0. The van der Waals surface area contributed by atoms with E-state index in [0.717, 1.165) is 49.9 Å². The zero-order chi connectivity index (χ0) is 15.9. The highest BCUT2D eigenvalue weighted by molar-refractivity contribution is 6.31. The topological polar surface area (TPSA) is 41.6 Å². The first-order valence-electron chi connectivity index (χ1n) is 7.95. The minimum Gasteiger partial charge on any atom is -0.379 e. The van der Waals surface area contributed by atoms with Crippen LogP contribution in [0, 0.1) is 0 Å². The molecule has 0 unspecified atom stereocenters. The minimum absolute atomic E-state index is 0.0273. The van der Waals surface area contributed by atoms with Crippen molar-refractivity contribution in [2.75, 3.05) is 39.4 Å². The van der Waals surface area contributed by atoms with Crippen LogP contribution >= 0.6 is 11.6 Å². The predicted molar refractivity (Wildman–Crippen MR) is 89.8 cm³/mol. The van der Waals surface area contributed by atoms with Gasteiger partial charge in [0.1, 0.15) is 0 Å². The van der Waals surface area contributed by atoms with E-state index < -0.39 is 0 Å². The molecule has 4 nitrogen and oxygen atoms in total. The fourth-order valence-corrected chi connectivity index (χ4v) is 2.89. The van der Waals surface area contributed by atoms with Crippen LogP contribution < -0.4 is 5.32 Å². The second-order valence-corrected chi connectivity index (χ2v) is 6.36. The van der Waals surface area contributed by atoms with Crippen molar-refractivity contribution in [3.63, 3.8) is 0 Å². The molecule has 0 radical (unpaired) electrons. The lowest BCUT2D eigenvalue weighted by Crippen LogP contribution is -2.38. The Balaban J connectivity index is 1.78. The Kier molecular flexibility index (Phi) is 6.68. The second-order valence-electron chi connectivity index (χ2n) is 5.95. The number of carbonyl (C=O) groups excluding carboxylic acids is 1. The number of hydrogen-bond acceptors (Lipinski definition) is 3. The van der Waals surface area contributed by atoms with Crippen LogP contribution in [0.2, 0.25) is 5.02 Å². The van der Waals surface area contributed by atoms with E-state index in [1.54, 1.807) is 12.1 Å². The van der Waals surface area contributed by atoms with Crippen LogP contribution in [0.3, 0.4) is 0 Å². The van der Waals surface area contributed by atoms with Crippen LogP contribution in [0.1, 0.15) is 42.1 Å². The summed E-state index contributed by atoms with van der Waals surface area (Å²) in [5, 5.41) is 3.71. The molecule has 22 heavy (non-hydrogen) atoms. The zero-order valence-corrected chi connectivity index (χ0v) is 14.2. The van der Waals surface area contributed by atoms with Crippen molar-refractivity contribution in [1.82, 2.24) is 10.2 Å². The third-order valence-corrected chi connectivity index (χ3v) is 4.26. The fraction of sp³-hybridized carbons (Fsp3) is 0.588. The number of morpholine rings is 1. The fourth-order valence-electron chi connectivity index (χ4n) is 2.56. The average molecular weight is 325 g/mol. The number of ether oxygens (including phenoxy) is 1. The van der Waals surface area contributed by atoms with Gasteiger partial charge in [-0.05, 0) is 42.6 Å². The van der Waals surface area contributed by atoms with Crippen LogP contribution in [0.4, 0.5) is 0 Å². The Labute approximate surface area is 137 Å². The SMILES string of the molecule is CC(C)c1cc(C(=O)NCCCN2CCOCC2)ccc1Cl. The van der Waals surface area contributed by atoms with Gasteiger partial charge in [0.05, 0.1) is 13.2 Å². The van der Waals surface area contributed by atoms with E-state index in [2.05, 4.69) is 24.1 Å². The van der Waals surface area contributed by atoms with Gasteiger partial charge in [0, 0.05) is 30.2 Å². The van der Waals surface area contributed by atoms with Crippen molar-refractivity contribution < 1.29 is 9.53 Å². The van der Waals surface area contributed by atoms with E-state index in [9.17, 15) is 4.79 Å². The Bertz CT molecular complexity index is 499. The van der Waals surface area contributed by atoms with E-state index in [4.69, 9.17) is 16.3 Å². The van der Waals surface area contributed by atoms with Gasteiger partial charge >= 0.3 is 0 Å². The number of halogens is 1. The van der Waals surface area contributed by atoms with Crippen LogP contribution in [-0.2, 0) is 4.74 Å². The molecule has 0 saturated carbocycles. The molecule has 0 bridgehead atoms. The molecule has 0 atom stereocenters. The number of amides is 1. The molecule has 0 aromatic heterocycles. The molecule has 122 valence electrons. The van der Waals surface area contributed by atoms with Crippen LogP contribution in [0.25, 0.3) is 0 Å². The van der Waals surface area contributed by atoms with Gasteiger partial charge in [-0.3, -0.25) is 9.69 Å². The lowest BCUT2D eigenvalue weighted by atomic mass is 10.0. The van der Waals surface area contributed by atoms with Gasteiger partial charge in [-0.15, -0.1) is 0 Å². The number of carbonyl (C=O) groups is 1. The summed E-state index contributed by atoms with van der Waals surface area (Å²) in [6.45, 7) is 9.45. The summed E-state index contributed by atoms with van der Waals surface area (Å²) in [4.78, 5) is 14.6. The molecule has 2 rings (SSSR count). The summed E-state index contributed by atoms with van der Waals surface area (Å²) in [6.07, 6.45) is 0.955. The minimum atomic E-state index is -0.0273. The quantitative estimate of drug-likeness (QED) is 0.818. The summed E-state index contributed by atoms with van der Waals surface area (Å²) >= 11 is 6.16. The zero-order valence-electron chi connectivity index (χ0n) is 13.4. The molecule has 5 heteroatoms. The smallest absolute Gasteiger partial charge is 0.251 e. The molecule has 1 amide bonds. The van der Waals surface area contributed by atoms with Gasteiger partial charge < -0.3 is 10.1 Å². The number of rotatable bonds is 6. The van der Waals surface area contributed by atoms with Crippen LogP contribution in [0.15, 0.2) is 18.2 Å². The van der Waals surface area contributed by atoms with Gasteiger partial charge in [0.2, 0.25) is 0 Å². The second kappa shape index (κ2) is 8.51. The standard InChI is InChI=1S/C17H25ClN2O2/c1-13(2)15-12-14(4-5-16(15)18)17(21)19-6-3-7-20-8-10-22-11-9-20/h4-5,12-13H,3,6-11H2,1-2H3,(H,19,21). The normalized spacial score (nSPS) is 16.0. The third-order valence-electron chi connectivity index (χ3n) is 3.92. The molecular weight excluding hydrogens is 300 g/mol. The first-order chi connectivity index (χ1) is 10.6. The summed E-state index contributed by atoms with van der Waals surface area (Å²) < 4.78 is 5.32. The van der Waals surface area contributed by atoms with Crippen molar-refractivity contribution in [3.05, 3.63) is 34.3 Å². The number of nitrogens with zero attached hydrogens (tertiary/aromatic N) is 1. The summed E-state index contributed by atoms with van der Waals surface area (Å²) in [6, 6.07) is 5.48. The molecule has 1 aliphatic rings. The Morgan fingerprint density at radius 2 is 2.09 bits per heavy atom. The molecule has 1 fully saturated rings. The monoisotopic (exact) mass is 324 g/mol. The van der Waals surface area contributed by atoms with E-state index >= 15 is 0 Å². The number of benzene rings is 1. The highest BCUT2D eigenvalue weighted by Crippen LogP contribution is 2.25. The summed E-state index contributed by atoms with van der Waals surface area (Å²) in [5.41, 5.74) is 1.70. The highest BCUT2D eigenvalue weighted by atomic mass is 35.5. The maximum Gasteiger partial charge on any atom is 0.251 e. The predicted octanol–water partition coefficient (Wildman–Crippen LogP) is 2.92. The van der Waals surface area contributed by atoms with Gasteiger partial charge in [-0.25, -0.2) is 0 Å². The van der Waals surface area contributed by atoms with Crippen LogP contribution in [0.5, 0.6) is 0 Å². The van der Waals surface area contributed by atoms with Gasteiger partial charge in [-0.1, -0.05) is 25.4 Å². The van der Waals surface area contributed by atoms with Gasteiger partial charge in [-0.2, -0.15) is 0 Å². The Morgan fingerprint density at radius 1 is 1.36 bits per heavy atom. The lowest BCUT2D eigenvalue weighted by molar-refractivity contribution is 0.0374. The van der Waals surface area contributed by atoms with Crippen molar-refractivity contribution >= 4 is 17.5 Å². The van der Waals surface area contributed by atoms with Crippen molar-refractivity contribution in [3.8, 4) is 0 Å². The van der Waals surface area contributed by atoms with Crippen molar-refractivity contribution in [1.29, 1.82) is 0 Å². The van der Waals surface area contributed by atoms with E-state index in [1.807, 2.05) is 6.07 Å². The molecular formula is C17H25ClN2O2. The molecule has 0 aliphatic carbocycles. The van der Waals surface area contributed by atoms with E-state index in [0.29, 0.717) is 18.0 Å². The Hall–Kier alpha value is -1.10. The molecule has 1 aromatic carbocycles. The number of nitrogens with one attached hydrogen (secondary N) is 1. The molecule has 0 spiro atoms. The van der Waals surface area contributed by atoms with E-state index in [1.165, 1.54) is 0 Å². The largest absolute Gasteiger partial charge is 0.379 e. The maximum atomic E-state index is 12.2. The first-order valence-corrected chi connectivity index (χ1v) is 8.33. The summed E-state index contributed by atoms with van der Waals surface area (Å²) in [5.74, 6) is 0.280. The third kappa shape index (κ3) is 4.97. The highest BCUT2D eigenvalue weighted by Gasteiger charge is 2.12. The molecule has 1 aliphatic heterocycles. The number of hydrogen-bond donors (Lipinski definition) is 1. The molecule has 1 N–H and O–H groups in total. The lowest BCUT2D eigenvalue weighted by Gasteiger charge is -2.26.